The number of nitrogens with zero attached hydrogens (tertiary/aromatic N) is 2. The van der Waals surface area contributed by atoms with Crippen molar-refractivity contribution in [3.8, 4) is 27.9 Å². The third-order valence-electron chi connectivity index (χ3n) is 11.4. The van der Waals surface area contributed by atoms with E-state index < -0.39 is 0 Å². The van der Waals surface area contributed by atoms with Crippen LogP contribution in [0.4, 0.5) is 17.1 Å². The summed E-state index contributed by atoms with van der Waals surface area (Å²) in [5.41, 5.74) is 11.8. The van der Waals surface area contributed by atoms with Crippen molar-refractivity contribution in [3.63, 3.8) is 0 Å². The average molecular weight is 713 g/mol. The van der Waals surface area contributed by atoms with Crippen molar-refractivity contribution >= 4 is 71.2 Å². The molecule has 11 rings (SSSR count). The van der Waals surface area contributed by atoms with Gasteiger partial charge in [-0.25, -0.2) is 0 Å². The molecule has 1 heterocycles. The van der Waals surface area contributed by atoms with Crippen molar-refractivity contribution < 1.29 is 0 Å². The first-order valence-corrected chi connectivity index (χ1v) is 19.3. The van der Waals surface area contributed by atoms with Gasteiger partial charge >= 0.3 is 0 Å². The molecule has 0 fully saturated rings. The molecule has 0 spiro atoms. The molecule has 0 radical (unpaired) electrons. The summed E-state index contributed by atoms with van der Waals surface area (Å²) in [6.07, 6.45) is 0. The lowest BCUT2D eigenvalue weighted by molar-refractivity contribution is 1.18. The number of fused-ring (bicyclic) bond motifs is 7. The zero-order chi connectivity index (χ0) is 37.0. The van der Waals surface area contributed by atoms with Gasteiger partial charge in [-0.1, -0.05) is 164 Å². The zero-order valence-corrected chi connectivity index (χ0v) is 30.7. The molecular formula is C54H36N2. The lowest BCUT2D eigenvalue weighted by Gasteiger charge is -2.27. The first-order valence-electron chi connectivity index (χ1n) is 19.3. The molecule has 0 aliphatic rings. The van der Waals surface area contributed by atoms with E-state index in [9.17, 15) is 0 Å². The average Bonchev–Trinajstić information content (AvgIpc) is 3.62. The molecule has 0 amide bonds. The summed E-state index contributed by atoms with van der Waals surface area (Å²) in [5.74, 6) is 0. The third kappa shape index (κ3) is 5.19. The molecule has 0 N–H and O–H groups in total. The molecule has 0 aliphatic heterocycles. The Hall–Kier alpha value is -7.42. The number of para-hydroxylation sites is 1. The van der Waals surface area contributed by atoms with Gasteiger partial charge in [0.05, 0.1) is 16.7 Å². The maximum Gasteiger partial charge on any atom is 0.0547 e. The lowest BCUT2D eigenvalue weighted by Crippen LogP contribution is -2.10. The van der Waals surface area contributed by atoms with E-state index in [0.717, 1.165) is 22.7 Å². The Morgan fingerprint density at radius 1 is 0.304 bits per heavy atom. The molecule has 0 unspecified atom stereocenters. The van der Waals surface area contributed by atoms with Crippen LogP contribution in [0.5, 0.6) is 0 Å². The number of hydrogen-bond acceptors (Lipinski definition) is 1. The predicted molar refractivity (Wildman–Crippen MR) is 239 cm³/mol. The highest BCUT2D eigenvalue weighted by Gasteiger charge is 2.20. The summed E-state index contributed by atoms with van der Waals surface area (Å²) in [5, 5.41) is 10.1. The minimum absolute atomic E-state index is 1.12. The molecule has 56 heavy (non-hydrogen) atoms. The maximum atomic E-state index is 2.44. The fourth-order valence-corrected chi connectivity index (χ4v) is 8.80. The second-order valence-electron chi connectivity index (χ2n) is 14.5. The van der Waals surface area contributed by atoms with Crippen LogP contribution in [0.1, 0.15) is 0 Å². The molecule has 0 saturated heterocycles. The molecular weight excluding hydrogens is 677 g/mol. The molecule has 0 atom stereocenters. The molecule has 1 aromatic heterocycles. The van der Waals surface area contributed by atoms with Gasteiger partial charge in [0.2, 0.25) is 0 Å². The predicted octanol–water partition coefficient (Wildman–Crippen LogP) is 15.0. The van der Waals surface area contributed by atoms with E-state index in [2.05, 4.69) is 228 Å². The van der Waals surface area contributed by atoms with Crippen LogP contribution in [0, 0.1) is 0 Å². The van der Waals surface area contributed by atoms with Gasteiger partial charge in [0.1, 0.15) is 0 Å². The van der Waals surface area contributed by atoms with E-state index in [0.29, 0.717) is 0 Å². The Kier molecular flexibility index (Phi) is 7.53. The number of rotatable bonds is 6. The smallest absolute Gasteiger partial charge is 0.0547 e. The largest absolute Gasteiger partial charge is 0.310 e. The molecule has 0 saturated carbocycles. The monoisotopic (exact) mass is 712 g/mol. The summed E-state index contributed by atoms with van der Waals surface area (Å²) in [6, 6.07) is 79.3. The van der Waals surface area contributed by atoms with Gasteiger partial charge < -0.3 is 9.47 Å². The number of benzene rings is 10. The van der Waals surface area contributed by atoms with E-state index in [4.69, 9.17) is 0 Å². The van der Waals surface area contributed by atoms with Gasteiger partial charge in [-0.3, -0.25) is 0 Å². The summed E-state index contributed by atoms with van der Waals surface area (Å²) >= 11 is 0. The second kappa shape index (κ2) is 13.2. The number of anilines is 3. The quantitative estimate of drug-likeness (QED) is 0.167. The van der Waals surface area contributed by atoms with Gasteiger partial charge in [-0.2, -0.15) is 0 Å². The molecule has 262 valence electrons. The normalized spacial score (nSPS) is 11.6. The van der Waals surface area contributed by atoms with Crippen LogP contribution in [0.25, 0.3) is 82.1 Å². The molecule has 11 aromatic rings. The van der Waals surface area contributed by atoms with Crippen LogP contribution in [-0.2, 0) is 0 Å². The van der Waals surface area contributed by atoms with Crippen LogP contribution in [-0.4, -0.2) is 4.57 Å². The Balaban J connectivity index is 1.03. The fraction of sp³-hybridized carbons (Fsp3) is 0. The van der Waals surface area contributed by atoms with Crippen LogP contribution in [0.15, 0.2) is 218 Å². The summed E-state index contributed by atoms with van der Waals surface area (Å²) < 4.78 is 2.44. The Labute approximate surface area is 325 Å². The molecule has 2 nitrogen and oxygen atoms in total. The Morgan fingerprint density at radius 2 is 0.821 bits per heavy atom. The van der Waals surface area contributed by atoms with Crippen LogP contribution < -0.4 is 4.90 Å². The van der Waals surface area contributed by atoms with Crippen molar-refractivity contribution in [2.75, 3.05) is 4.90 Å². The van der Waals surface area contributed by atoms with E-state index >= 15 is 0 Å². The minimum atomic E-state index is 1.12. The Morgan fingerprint density at radius 3 is 1.57 bits per heavy atom. The molecule has 10 aromatic carbocycles. The van der Waals surface area contributed by atoms with Crippen LogP contribution >= 0.6 is 0 Å². The van der Waals surface area contributed by atoms with Gasteiger partial charge in [-0.05, 0) is 104 Å². The van der Waals surface area contributed by atoms with Crippen LogP contribution in [0.3, 0.4) is 0 Å². The standard InChI is InChI=1S/C54H36N2/c1-2-18-42(19-3-1)55(50-25-11-17-40-14-5-8-21-46(40)50)43-32-27-37(28-33-43)38-29-34-44(35-30-38)56-51-26-12-24-49(48-23-10-16-39-13-4-7-20-45(39)48)54(51)53-47-22-9-6-15-41(47)31-36-52(53)56/h1-36H. The van der Waals surface area contributed by atoms with Gasteiger partial charge in [-0.15, -0.1) is 0 Å². The highest BCUT2D eigenvalue weighted by molar-refractivity contribution is 6.26. The first-order chi connectivity index (χ1) is 27.8. The zero-order valence-electron chi connectivity index (χ0n) is 30.7. The van der Waals surface area contributed by atoms with E-state index in [1.807, 2.05) is 0 Å². The summed E-state index contributed by atoms with van der Waals surface area (Å²) in [7, 11) is 0. The minimum Gasteiger partial charge on any atom is -0.310 e. The van der Waals surface area contributed by atoms with Crippen molar-refractivity contribution in [2.24, 2.45) is 0 Å². The number of aromatic nitrogens is 1. The fourth-order valence-electron chi connectivity index (χ4n) is 8.80. The maximum absolute atomic E-state index is 2.44. The van der Waals surface area contributed by atoms with Crippen molar-refractivity contribution in [1.29, 1.82) is 0 Å². The lowest BCUT2D eigenvalue weighted by atomic mass is 9.93. The summed E-state index contributed by atoms with van der Waals surface area (Å²) in [4.78, 5) is 2.35. The van der Waals surface area contributed by atoms with E-state index in [1.165, 1.54) is 76.4 Å². The first kappa shape index (κ1) is 32.0. The van der Waals surface area contributed by atoms with Gasteiger partial charge in [0, 0.05) is 33.2 Å². The van der Waals surface area contributed by atoms with Gasteiger partial charge in [0.15, 0.2) is 0 Å². The molecule has 2 heteroatoms. The van der Waals surface area contributed by atoms with E-state index in [1.54, 1.807) is 0 Å². The van der Waals surface area contributed by atoms with Crippen molar-refractivity contribution in [2.45, 2.75) is 0 Å². The van der Waals surface area contributed by atoms with Crippen LogP contribution in [0.2, 0.25) is 0 Å². The van der Waals surface area contributed by atoms with Gasteiger partial charge in [0.25, 0.3) is 0 Å². The number of hydrogen-bond donors (Lipinski definition) is 0. The third-order valence-corrected chi connectivity index (χ3v) is 11.4. The van der Waals surface area contributed by atoms with E-state index in [-0.39, 0.29) is 0 Å². The Bertz CT molecular complexity index is 3220. The SMILES string of the molecule is c1ccc(N(c2ccc(-c3ccc(-n4c5cccc(-c6cccc7ccccc67)c5c5c6ccccc6ccc54)cc3)cc2)c2cccc3ccccc23)cc1. The highest BCUT2D eigenvalue weighted by atomic mass is 15.1. The second-order valence-corrected chi connectivity index (χ2v) is 14.5. The van der Waals surface area contributed by atoms with Crippen molar-refractivity contribution in [1.82, 2.24) is 4.57 Å². The molecule has 0 bridgehead atoms. The summed E-state index contributed by atoms with van der Waals surface area (Å²) in [6.45, 7) is 0. The highest BCUT2D eigenvalue weighted by Crippen LogP contribution is 2.44. The molecule has 0 aliphatic carbocycles. The van der Waals surface area contributed by atoms with Crippen molar-refractivity contribution in [3.05, 3.63) is 218 Å². The topological polar surface area (TPSA) is 8.17 Å².